The molecule has 0 aromatic heterocycles. The van der Waals surface area contributed by atoms with E-state index in [9.17, 15) is 4.79 Å². The molecule has 1 aliphatic carbocycles. The van der Waals surface area contributed by atoms with Crippen molar-refractivity contribution in [3.05, 3.63) is 40.4 Å². The molecular weight excluding hydrogens is 238 g/mol. The molecule has 17 heavy (non-hydrogen) atoms. The normalized spacial score (nSPS) is 24.3. The van der Waals surface area contributed by atoms with Crippen molar-refractivity contribution in [2.45, 2.75) is 25.0 Å². The summed E-state index contributed by atoms with van der Waals surface area (Å²) < 4.78 is 5.86. The maximum atomic E-state index is 10.6. The smallest absolute Gasteiger partial charge is 0.126 e. The average Bonchev–Trinajstić information content (AvgIpc) is 3.04. The van der Waals surface area contributed by atoms with Crippen LogP contribution in [0.2, 0.25) is 5.02 Å². The van der Waals surface area contributed by atoms with Gasteiger partial charge in [0.25, 0.3) is 0 Å². The number of hydrogen-bond donors (Lipinski definition) is 1. The van der Waals surface area contributed by atoms with Crippen molar-refractivity contribution in [3.8, 4) is 0 Å². The van der Waals surface area contributed by atoms with E-state index < -0.39 is 5.60 Å². The van der Waals surface area contributed by atoms with Gasteiger partial charge in [0, 0.05) is 18.0 Å². The van der Waals surface area contributed by atoms with Crippen LogP contribution in [0.15, 0.2) is 29.8 Å². The van der Waals surface area contributed by atoms with Crippen LogP contribution in [0.5, 0.6) is 0 Å². The van der Waals surface area contributed by atoms with Crippen molar-refractivity contribution in [1.82, 2.24) is 0 Å². The predicted molar refractivity (Wildman–Crippen MR) is 66.6 cm³/mol. The monoisotopic (exact) mass is 251 g/mol. The maximum Gasteiger partial charge on any atom is 0.126 e. The van der Waals surface area contributed by atoms with Gasteiger partial charge >= 0.3 is 0 Å². The Morgan fingerprint density at radius 3 is 2.65 bits per heavy atom. The van der Waals surface area contributed by atoms with Crippen LogP contribution in [-0.2, 0) is 9.53 Å². The number of halogens is 1. The summed E-state index contributed by atoms with van der Waals surface area (Å²) in [6, 6.07) is 7.44. The van der Waals surface area contributed by atoms with Crippen LogP contribution in [0.4, 0.5) is 0 Å². The van der Waals surface area contributed by atoms with E-state index in [1.807, 2.05) is 37.1 Å². The van der Waals surface area contributed by atoms with Gasteiger partial charge in [-0.05, 0) is 24.6 Å². The standard InChI is InChI=1S/C13H14ClNO2/c1-9(10-2-4-12(14)5-3-10)17-13(8-15)6-11(13)7-16/h2-5,9H,6,8,15H2,1H3. The van der Waals surface area contributed by atoms with E-state index in [-0.39, 0.29) is 6.10 Å². The largest absolute Gasteiger partial charge is 0.361 e. The second-order valence-corrected chi connectivity index (χ2v) is 4.70. The minimum Gasteiger partial charge on any atom is -0.361 e. The zero-order valence-electron chi connectivity index (χ0n) is 9.57. The summed E-state index contributed by atoms with van der Waals surface area (Å²) in [7, 11) is 0. The van der Waals surface area contributed by atoms with Crippen molar-refractivity contribution >= 4 is 17.5 Å². The summed E-state index contributed by atoms with van der Waals surface area (Å²) in [5.74, 6) is 1.89. The van der Waals surface area contributed by atoms with Gasteiger partial charge in [0.1, 0.15) is 11.5 Å². The molecule has 2 atom stereocenters. The topological polar surface area (TPSA) is 52.3 Å². The van der Waals surface area contributed by atoms with Crippen molar-refractivity contribution in [2.75, 3.05) is 6.54 Å². The third kappa shape index (κ3) is 2.43. The third-order valence-corrected chi connectivity index (χ3v) is 3.33. The third-order valence-electron chi connectivity index (χ3n) is 3.08. The molecule has 2 rings (SSSR count). The number of nitrogens with two attached hydrogens (primary N) is 1. The van der Waals surface area contributed by atoms with E-state index in [0.29, 0.717) is 23.6 Å². The summed E-state index contributed by atoms with van der Waals surface area (Å²) in [6.07, 6.45) is 0.465. The van der Waals surface area contributed by atoms with Gasteiger partial charge in [-0.1, -0.05) is 23.7 Å². The van der Waals surface area contributed by atoms with Crippen molar-refractivity contribution < 1.29 is 9.53 Å². The first-order valence-electron chi connectivity index (χ1n) is 5.49. The molecule has 0 amide bonds. The Bertz CT molecular complexity index is 465. The Kier molecular flexibility index (Phi) is 3.36. The lowest BCUT2D eigenvalue weighted by Crippen LogP contribution is -2.27. The SMILES string of the molecule is CC(OC1(CN)CC1=C=O)c1ccc(Cl)cc1. The summed E-state index contributed by atoms with van der Waals surface area (Å²) in [4.78, 5) is 10.6. The summed E-state index contributed by atoms with van der Waals surface area (Å²) in [5.41, 5.74) is 6.70. The Labute approximate surface area is 105 Å². The van der Waals surface area contributed by atoms with Crippen LogP contribution in [-0.4, -0.2) is 18.1 Å². The molecule has 1 aromatic carbocycles. The average molecular weight is 252 g/mol. The van der Waals surface area contributed by atoms with Crippen LogP contribution in [0.1, 0.15) is 25.0 Å². The molecule has 0 radical (unpaired) electrons. The molecule has 1 fully saturated rings. The van der Waals surface area contributed by atoms with E-state index in [1.54, 1.807) is 0 Å². The zero-order valence-corrected chi connectivity index (χ0v) is 10.3. The van der Waals surface area contributed by atoms with Gasteiger partial charge in [-0.2, -0.15) is 0 Å². The molecule has 0 aliphatic heterocycles. The highest BCUT2D eigenvalue weighted by atomic mass is 35.5. The van der Waals surface area contributed by atoms with Gasteiger partial charge in [0.05, 0.1) is 11.7 Å². The fourth-order valence-corrected chi connectivity index (χ4v) is 1.99. The van der Waals surface area contributed by atoms with Crippen LogP contribution in [0, 0.1) is 0 Å². The number of carbonyl (C=O) groups excluding carboxylic acids is 1. The molecule has 0 spiro atoms. The molecule has 2 N–H and O–H groups in total. The Balaban J connectivity index is 2.09. The summed E-state index contributed by atoms with van der Waals surface area (Å²) in [6.45, 7) is 2.25. The van der Waals surface area contributed by atoms with E-state index in [1.165, 1.54) is 0 Å². The highest BCUT2D eigenvalue weighted by molar-refractivity contribution is 6.30. The molecular formula is C13H14ClNO2. The van der Waals surface area contributed by atoms with E-state index in [4.69, 9.17) is 22.1 Å². The Morgan fingerprint density at radius 2 is 2.18 bits per heavy atom. The predicted octanol–water partition coefficient (Wildman–Crippen LogP) is 2.28. The Morgan fingerprint density at radius 1 is 1.53 bits per heavy atom. The van der Waals surface area contributed by atoms with Crippen LogP contribution >= 0.6 is 11.6 Å². The quantitative estimate of drug-likeness (QED) is 0.836. The first-order chi connectivity index (χ1) is 8.11. The lowest BCUT2D eigenvalue weighted by Gasteiger charge is -2.20. The molecule has 90 valence electrons. The lowest BCUT2D eigenvalue weighted by molar-refractivity contribution is -0.00758. The van der Waals surface area contributed by atoms with Crippen molar-refractivity contribution in [1.29, 1.82) is 0 Å². The van der Waals surface area contributed by atoms with Gasteiger partial charge in [-0.3, -0.25) is 0 Å². The number of ether oxygens (including phenoxy) is 1. The first kappa shape index (κ1) is 12.3. The van der Waals surface area contributed by atoms with Crippen LogP contribution < -0.4 is 5.73 Å². The van der Waals surface area contributed by atoms with E-state index >= 15 is 0 Å². The fraction of sp³-hybridized carbons (Fsp3) is 0.385. The molecule has 1 saturated carbocycles. The molecule has 0 bridgehead atoms. The molecule has 4 heteroatoms. The molecule has 0 saturated heterocycles. The van der Waals surface area contributed by atoms with Gasteiger partial charge in [0.2, 0.25) is 0 Å². The van der Waals surface area contributed by atoms with Crippen molar-refractivity contribution in [2.24, 2.45) is 5.73 Å². The highest BCUT2D eigenvalue weighted by Gasteiger charge is 2.52. The maximum absolute atomic E-state index is 10.6. The second kappa shape index (κ2) is 4.63. The lowest BCUT2D eigenvalue weighted by atomic mass is 10.1. The van der Waals surface area contributed by atoms with E-state index in [0.717, 1.165) is 5.56 Å². The number of benzene rings is 1. The van der Waals surface area contributed by atoms with E-state index in [2.05, 4.69) is 0 Å². The summed E-state index contributed by atoms with van der Waals surface area (Å²) in [5, 5.41) is 0.689. The first-order valence-corrected chi connectivity index (χ1v) is 5.87. The molecule has 3 nitrogen and oxygen atoms in total. The van der Waals surface area contributed by atoms with Gasteiger partial charge in [-0.15, -0.1) is 0 Å². The minimum atomic E-state index is -0.583. The number of hydrogen-bond acceptors (Lipinski definition) is 3. The molecule has 1 aliphatic rings. The van der Waals surface area contributed by atoms with Gasteiger partial charge in [-0.25, -0.2) is 4.79 Å². The fourth-order valence-electron chi connectivity index (χ4n) is 1.87. The number of rotatable bonds is 4. The highest BCUT2D eigenvalue weighted by Crippen LogP contribution is 2.46. The Hall–Kier alpha value is -1.12. The molecule has 1 aromatic rings. The van der Waals surface area contributed by atoms with Gasteiger partial charge in [0.15, 0.2) is 0 Å². The molecule has 0 heterocycles. The van der Waals surface area contributed by atoms with Crippen LogP contribution in [0.3, 0.4) is 0 Å². The second-order valence-electron chi connectivity index (χ2n) is 4.27. The van der Waals surface area contributed by atoms with Crippen LogP contribution in [0.25, 0.3) is 0 Å². The minimum absolute atomic E-state index is 0.123. The van der Waals surface area contributed by atoms with Gasteiger partial charge < -0.3 is 10.5 Å². The summed E-state index contributed by atoms with van der Waals surface area (Å²) >= 11 is 5.82. The zero-order chi connectivity index (χ0) is 12.5. The molecule has 2 unspecified atom stereocenters. The van der Waals surface area contributed by atoms with Crippen molar-refractivity contribution in [3.63, 3.8) is 0 Å².